The molecule has 0 aliphatic rings. The van der Waals surface area contributed by atoms with E-state index >= 15 is 0 Å². The fourth-order valence-corrected chi connectivity index (χ4v) is 3.10. The van der Waals surface area contributed by atoms with E-state index in [4.69, 9.17) is 0 Å². The van der Waals surface area contributed by atoms with Crippen molar-refractivity contribution >= 4 is 0 Å². The Bertz CT molecular complexity index is 165. The predicted octanol–water partition coefficient (Wildman–Crippen LogP) is 5.73. The van der Waals surface area contributed by atoms with Crippen LogP contribution in [0.3, 0.4) is 0 Å². The summed E-state index contributed by atoms with van der Waals surface area (Å²) < 4.78 is 0. The maximum Gasteiger partial charge on any atom is -0.0277 e. The van der Waals surface area contributed by atoms with Gasteiger partial charge in [0.05, 0.1) is 0 Å². The van der Waals surface area contributed by atoms with Crippen molar-refractivity contribution in [2.45, 2.75) is 73.6 Å². The molecule has 0 amide bonds. The summed E-state index contributed by atoms with van der Waals surface area (Å²) in [5.74, 6) is 2.27. The molecule has 0 saturated heterocycles. The van der Waals surface area contributed by atoms with Crippen molar-refractivity contribution in [2.75, 3.05) is 0 Å². The van der Waals surface area contributed by atoms with Gasteiger partial charge >= 0.3 is 0 Å². The molecule has 0 fully saturated rings. The molecule has 97 valence electrons. The molecule has 0 N–H and O–H groups in total. The van der Waals surface area contributed by atoms with Crippen molar-refractivity contribution < 1.29 is 0 Å². The normalized spacial score (nSPS) is 16.5. The molecule has 0 spiro atoms. The molecular formula is C16H33. The first-order chi connectivity index (χ1) is 7.41. The molecular weight excluding hydrogens is 192 g/mol. The van der Waals surface area contributed by atoms with Crippen LogP contribution in [0, 0.1) is 30.1 Å². The second-order valence-electron chi connectivity index (χ2n) is 6.04. The summed E-state index contributed by atoms with van der Waals surface area (Å²) in [7, 11) is 0. The highest BCUT2D eigenvalue weighted by Crippen LogP contribution is 2.42. The lowest BCUT2D eigenvalue weighted by Gasteiger charge is -2.39. The molecule has 0 aromatic carbocycles. The predicted molar refractivity (Wildman–Crippen MR) is 75.4 cm³/mol. The summed E-state index contributed by atoms with van der Waals surface area (Å²) in [4.78, 5) is 0. The van der Waals surface area contributed by atoms with Gasteiger partial charge in [0.2, 0.25) is 0 Å². The molecule has 0 nitrogen and oxygen atoms in total. The molecule has 0 heterocycles. The zero-order chi connectivity index (χ0) is 12.8. The highest BCUT2D eigenvalue weighted by Gasteiger charge is 2.31. The molecule has 0 rings (SSSR count). The molecule has 1 radical (unpaired) electrons. The van der Waals surface area contributed by atoms with Crippen molar-refractivity contribution in [2.24, 2.45) is 23.2 Å². The Morgan fingerprint density at radius 1 is 1.00 bits per heavy atom. The second-order valence-corrected chi connectivity index (χ2v) is 6.04. The van der Waals surface area contributed by atoms with Crippen LogP contribution in [0.5, 0.6) is 0 Å². The van der Waals surface area contributed by atoms with Gasteiger partial charge in [-0.2, -0.15) is 0 Å². The maximum absolute atomic E-state index is 4.22. The van der Waals surface area contributed by atoms with E-state index in [2.05, 4.69) is 48.5 Å². The van der Waals surface area contributed by atoms with Gasteiger partial charge in [0.1, 0.15) is 0 Å². The van der Waals surface area contributed by atoms with Crippen LogP contribution in [0.15, 0.2) is 0 Å². The lowest BCUT2D eigenvalue weighted by atomic mass is 9.67. The van der Waals surface area contributed by atoms with Crippen LogP contribution in [0.4, 0.5) is 0 Å². The Kier molecular flexibility index (Phi) is 7.35. The third-order valence-electron chi connectivity index (χ3n) is 4.70. The SMILES string of the molecule is [CH2]C(CC)CC(C)CC(CC)(CC)C(C)C. The zero-order valence-corrected chi connectivity index (χ0v) is 12.5. The van der Waals surface area contributed by atoms with Crippen molar-refractivity contribution in [3.63, 3.8) is 0 Å². The summed E-state index contributed by atoms with van der Waals surface area (Å²) in [6.07, 6.45) is 6.53. The first-order valence-corrected chi connectivity index (χ1v) is 7.24. The van der Waals surface area contributed by atoms with Gasteiger partial charge in [-0.1, -0.05) is 67.7 Å². The topological polar surface area (TPSA) is 0 Å². The molecule has 2 unspecified atom stereocenters. The highest BCUT2D eigenvalue weighted by atomic mass is 14.4. The minimum atomic E-state index is 0.562. The molecule has 0 bridgehead atoms. The minimum Gasteiger partial charge on any atom is -0.0651 e. The Hall–Kier alpha value is 0. The van der Waals surface area contributed by atoms with Crippen molar-refractivity contribution in [1.82, 2.24) is 0 Å². The van der Waals surface area contributed by atoms with Gasteiger partial charge in [-0.3, -0.25) is 0 Å². The van der Waals surface area contributed by atoms with E-state index in [1.54, 1.807) is 0 Å². The summed E-state index contributed by atoms with van der Waals surface area (Å²) in [5, 5.41) is 0. The van der Waals surface area contributed by atoms with E-state index in [-0.39, 0.29) is 0 Å². The van der Waals surface area contributed by atoms with Crippen LogP contribution in [-0.2, 0) is 0 Å². The fourth-order valence-electron chi connectivity index (χ4n) is 3.10. The average Bonchev–Trinajstić information content (AvgIpc) is 2.25. The van der Waals surface area contributed by atoms with Crippen LogP contribution >= 0.6 is 0 Å². The molecule has 0 aromatic rings. The minimum absolute atomic E-state index is 0.562. The number of hydrogen-bond acceptors (Lipinski definition) is 0. The summed E-state index contributed by atoms with van der Waals surface area (Å²) in [6.45, 7) is 18.4. The third kappa shape index (κ3) is 4.47. The first kappa shape index (κ1) is 16.0. The van der Waals surface area contributed by atoms with Crippen LogP contribution in [0.1, 0.15) is 73.6 Å². The molecule has 0 saturated carbocycles. The molecule has 0 aromatic heterocycles. The van der Waals surface area contributed by atoms with Crippen LogP contribution in [0.25, 0.3) is 0 Å². The van der Waals surface area contributed by atoms with E-state index in [9.17, 15) is 0 Å². The van der Waals surface area contributed by atoms with Gasteiger partial charge in [0, 0.05) is 0 Å². The summed E-state index contributed by atoms with van der Waals surface area (Å²) in [6, 6.07) is 0. The Morgan fingerprint density at radius 3 is 1.81 bits per heavy atom. The van der Waals surface area contributed by atoms with E-state index in [0.717, 1.165) is 11.8 Å². The Labute approximate surface area is 104 Å². The molecule has 0 aliphatic heterocycles. The third-order valence-corrected chi connectivity index (χ3v) is 4.70. The number of rotatable bonds is 8. The molecule has 0 heteroatoms. The second kappa shape index (κ2) is 7.35. The fraction of sp³-hybridized carbons (Fsp3) is 0.938. The van der Waals surface area contributed by atoms with Gasteiger partial charge in [-0.15, -0.1) is 0 Å². The molecule has 16 heavy (non-hydrogen) atoms. The highest BCUT2D eigenvalue weighted by molar-refractivity contribution is 4.82. The summed E-state index contributed by atoms with van der Waals surface area (Å²) in [5.41, 5.74) is 0.562. The Balaban J connectivity index is 4.39. The van der Waals surface area contributed by atoms with Gasteiger partial charge in [-0.05, 0) is 36.0 Å². The van der Waals surface area contributed by atoms with E-state index in [1.165, 1.54) is 32.1 Å². The standard InChI is InChI=1S/C16H33/c1-8-14(6)11-15(7)12-16(9-2,10-3)13(4)5/h13-15H,6,8-12H2,1-5,7H3. The van der Waals surface area contributed by atoms with Crippen molar-refractivity contribution in [1.29, 1.82) is 0 Å². The van der Waals surface area contributed by atoms with Gasteiger partial charge in [-0.25, -0.2) is 0 Å². The molecule has 2 atom stereocenters. The monoisotopic (exact) mass is 225 g/mol. The number of hydrogen-bond donors (Lipinski definition) is 0. The van der Waals surface area contributed by atoms with Crippen LogP contribution < -0.4 is 0 Å². The van der Waals surface area contributed by atoms with Crippen molar-refractivity contribution in [3.05, 3.63) is 6.92 Å². The lowest BCUT2D eigenvalue weighted by molar-refractivity contribution is 0.121. The lowest BCUT2D eigenvalue weighted by Crippen LogP contribution is -2.28. The van der Waals surface area contributed by atoms with Gasteiger partial charge in [0.15, 0.2) is 0 Å². The molecule has 0 aliphatic carbocycles. The zero-order valence-electron chi connectivity index (χ0n) is 12.5. The summed E-state index contributed by atoms with van der Waals surface area (Å²) >= 11 is 0. The van der Waals surface area contributed by atoms with Gasteiger partial charge < -0.3 is 0 Å². The van der Waals surface area contributed by atoms with E-state index in [1.807, 2.05) is 0 Å². The maximum atomic E-state index is 4.22. The smallest absolute Gasteiger partial charge is 0.0277 e. The van der Waals surface area contributed by atoms with Crippen LogP contribution in [-0.4, -0.2) is 0 Å². The quantitative estimate of drug-likeness (QED) is 0.495. The Morgan fingerprint density at radius 2 is 1.50 bits per heavy atom. The van der Waals surface area contributed by atoms with Crippen LogP contribution in [0.2, 0.25) is 0 Å². The van der Waals surface area contributed by atoms with Crippen molar-refractivity contribution in [3.8, 4) is 0 Å². The van der Waals surface area contributed by atoms with E-state index < -0.39 is 0 Å². The first-order valence-electron chi connectivity index (χ1n) is 7.24. The van der Waals surface area contributed by atoms with Gasteiger partial charge in [0.25, 0.3) is 0 Å². The largest absolute Gasteiger partial charge is 0.0651 e. The average molecular weight is 225 g/mol. The van der Waals surface area contributed by atoms with E-state index in [0.29, 0.717) is 11.3 Å².